The van der Waals surface area contributed by atoms with E-state index in [-0.39, 0.29) is 4.90 Å². The van der Waals surface area contributed by atoms with Gasteiger partial charge in [0.1, 0.15) is 5.84 Å². The van der Waals surface area contributed by atoms with Crippen LogP contribution in [-0.4, -0.2) is 37.9 Å². The monoisotopic (exact) mass is 372 g/mol. The number of rotatable bonds is 4. The number of aryl methyl sites for hydroxylation is 1. The normalized spacial score (nSPS) is 21.8. The number of likely N-dealkylation sites (tertiary alicyclic amines) is 1. The smallest absolute Gasteiger partial charge is 0.283 e. The van der Waals surface area contributed by atoms with Gasteiger partial charge in [0, 0.05) is 13.6 Å². The van der Waals surface area contributed by atoms with Gasteiger partial charge in [0.2, 0.25) is 0 Å². The number of sulfonamides is 1. The van der Waals surface area contributed by atoms with Gasteiger partial charge in [-0.3, -0.25) is 0 Å². The van der Waals surface area contributed by atoms with Gasteiger partial charge in [-0.2, -0.15) is 8.42 Å². The van der Waals surface area contributed by atoms with E-state index in [1.165, 1.54) is 0 Å². The zero-order chi connectivity index (χ0) is 18.9. The predicted molar refractivity (Wildman–Crippen MR) is 103 cm³/mol. The number of aliphatic hydroxyl groups is 1. The van der Waals surface area contributed by atoms with Crippen LogP contribution >= 0.6 is 0 Å². The summed E-state index contributed by atoms with van der Waals surface area (Å²) < 4.78 is 29.6. The second-order valence-corrected chi connectivity index (χ2v) is 8.62. The molecule has 0 aliphatic carbocycles. The van der Waals surface area contributed by atoms with E-state index in [0.29, 0.717) is 18.8 Å². The molecule has 0 radical (unpaired) electrons. The van der Waals surface area contributed by atoms with Gasteiger partial charge in [-0.15, -0.1) is 4.40 Å². The van der Waals surface area contributed by atoms with Crippen LogP contribution in [0.2, 0.25) is 0 Å². The molecule has 1 aliphatic rings. The molecule has 0 aromatic heterocycles. The van der Waals surface area contributed by atoms with Crippen LogP contribution in [0.4, 0.5) is 0 Å². The summed E-state index contributed by atoms with van der Waals surface area (Å²) in [6.45, 7) is 4.27. The third-order valence-electron chi connectivity index (χ3n) is 5.03. The van der Waals surface area contributed by atoms with Crippen LogP contribution in [0.25, 0.3) is 0 Å². The summed E-state index contributed by atoms with van der Waals surface area (Å²) in [5.74, 6) is 0.00884. The van der Waals surface area contributed by atoms with Crippen molar-refractivity contribution in [2.24, 2.45) is 10.3 Å². The number of amidine groups is 1. The molecule has 1 N–H and O–H groups in total. The topological polar surface area (TPSA) is 70.0 Å². The zero-order valence-electron chi connectivity index (χ0n) is 15.3. The Morgan fingerprint density at radius 2 is 1.73 bits per heavy atom. The van der Waals surface area contributed by atoms with Crippen LogP contribution in [0.3, 0.4) is 0 Å². The largest absolute Gasteiger partial charge is 0.385 e. The number of hydrogen-bond acceptors (Lipinski definition) is 3. The van der Waals surface area contributed by atoms with E-state index in [4.69, 9.17) is 0 Å². The van der Waals surface area contributed by atoms with Crippen molar-refractivity contribution < 1.29 is 13.5 Å². The fourth-order valence-corrected chi connectivity index (χ4v) is 4.46. The molecule has 1 aliphatic heterocycles. The van der Waals surface area contributed by atoms with E-state index in [2.05, 4.69) is 4.40 Å². The molecule has 2 atom stereocenters. The maximum absolute atomic E-state index is 12.8. The highest BCUT2D eigenvalue weighted by Gasteiger charge is 2.43. The van der Waals surface area contributed by atoms with Gasteiger partial charge >= 0.3 is 0 Å². The Morgan fingerprint density at radius 3 is 2.35 bits per heavy atom. The Morgan fingerprint density at radius 1 is 1.12 bits per heavy atom. The van der Waals surface area contributed by atoms with Crippen molar-refractivity contribution >= 4 is 15.9 Å². The molecule has 5 nitrogen and oxygen atoms in total. The van der Waals surface area contributed by atoms with E-state index >= 15 is 0 Å². The fraction of sp³-hybridized carbons (Fsp3) is 0.350. The molecule has 6 heteroatoms. The van der Waals surface area contributed by atoms with E-state index in [0.717, 1.165) is 11.1 Å². The molecule has 1 saturated heterocycles. The standard InChI is InChI=1S/C20H24N2O3S/c1-15-9-11-17(12-10-15)26(24,25)21-19-18(13-14-22(19)3)20(2,23)16-7-5-4-6-8-16/h4-12,18,23H,13-14H2,1-3H3/b21-19-/t18-,20-/m1/s1. The highest BCUT2D eigenvalue weighted by atomic mass is 32.2. The maximum Gasteiger partial charge on any atom is 0.283 e. The lowest BCUT2D eigenvalue weighted by molar-refractivity contribution is 0.0224. The summed E-state index contributed by atoms with van der Waals surface area (Å²) in [7, 11) is -2.02. The van der Waals surface area contributed by atoms with Crippen molar-refractivity contribution in [2.75, 3.05) is 13.6 Å². The molecular weight excluding hydrogens is 348 g/mol. The molecule has 3 rings (SSSR count). The lowest BCUT2D eigenvalue weighted by Crippen LogP contribution is -2.38. The van der Waals surface area contributed by atoms with Crippen molar-refractivity contribution in [2.45, 2.75) is 30.8 Å². The number of nitrogens with zero attached hydrogens (tertiary/aromatic N) is 2. The van der Waals surface area contributed by atoms with Crippen LogP contribution in [0.5, 0.6) is 0 Å². The highest BCUT2D eigenvalue weighted by molar-refractivity contribution is 7.90. The lowest BCUT2D eigenvalue weighted by atomic mass is 9.81. The average molecular weight is 372 g/mol. The summed E-state index contributed by atoms with van der Waals surface area (Å²) >= 11 is 0. The Balaban J connectivity index is 2.01. The molecule has 138 valence electrons. The van der Waals surface area contributed by atoms with E-state index in [9.17, 15) is 13.5 Å². The Labute approximate surface area is 155 Å². The van der Waals surface area contributed by atoms with Gasteiger partial charge in [0.05, 0.1) is 16.4 Å². The third-order valence-corrected chi connectivity index (χ3v) is 6.32. The predicted octanol–water partition coefficient (Wildman–Crippen LogP) is 2.94. The zero-order valence-corrected chi connectivity index (χ0v) is 16.1. The van der Waals surface area contributed by atoms with Crippen LogP contribution in [-0.2, 0) is 15.6 Å². The summed E-state index contributed by atoms with van der Waals surface area (Å²) in [5, 5.41) is 11.2. The highest BCUT2D eigenvalue weighted by Crippen LogP contribution is 2.37. The van der Waals surface area contributed by atoms with Gasteiger partial charge in [-0.1, -0.05) is 48.0 Å². The SMILES string of the molecule is Cc1ccc(S(=O)(=O)/N=C2/[C@H]([C@](C)(O)c3ccccc3)CCN2C)cc1. The molecule has 26 heavy (non-hydrogen) atoms. The van der Waals surface area contributed by atoms with E-state index < -0.39 is 21.5 Å². The van der Waals surface area contributed by atoms with Gasteiger partial charge in [-0.05, 0) is 38.0 Å². The average Bonchev–Trinajstić information content (AvgIpc) is 2.97. The molecule has 1 fully saturated rings. The van der Waals surface area contributed by atoms with Gasteiger partial charge in [-0.25, -0.2) is 0 Å². The van der Waals surface area contributed by atoms with E-state index in [1.54, 1.807) is 31.2 Å². The van der Waals surface area contributed by atoms with Crippen molar-refractivity contribution in [1.82, 2.24) is 4.90 Å². The molecule has 0 unspecified atom stereocenters. The molecule has 0 amide bonds. The molecule has 2 aromatic rings. The Hall–Kier alpha value is -2.18. The van der Waals surface area contributed by atoms with Crippen LogP contribution in [0, 0.1) is 12.8 Å². The van der Waals surface area contributed by atoms with Crippen molar-refractivity contribution in [1.29, 1.82) is 0 Å². The van der Waals surface area contributed by atoms with Crippen LogP contribution < -0.4 is 0 Å². The van der Waals surface area contributed by atoms with Crippen LogP contribution in [0.1, 0.15) is 24.5 Å². The van der Waals surface area contributed by atoms with Crippen molar-refractivity contribution in [3.63, 3.8) is 0 Å². The quantitative estimate of drug-likeness (QED) is 0.896. The van der Waals surface area contributed by atoms with Gasteiger partial charge in [0.25, 0.3) is 10.0 Å². The van der Waals surface area contributed by atoms with E-state index in [1.807, 2.05) is 49.2 Å². The van der Waals surface area contributed by atoms with Crippen molar-refractivity contribution in [3.05, 3.63) is 65.7 Å². The second kappa shape index (κ2) is 6.85. The summed E-state index contributed by atoms with van der Waals surface area (Å²) in [4.78, 5) is 1.97. The first-order valence-electron chi connectivity index (χ1n) is 8.62. The van der Waals surface area contributed by atoms with Crippen molar-refractivity contribution in [3.8, 4) is 0 Å². The Bertz CT molecular complexity index is 904. The second-order valence-electron chi connectivity index (χ2n) is 7.01. The maximum atomic E-state index is 12.8. The van der Waals surface area contributed by atoms with Gasteiger partial charge < -0.3 is 10.0 Å². The first-order valence-corrected chi connectivity index (χ1v) is 10.1. The molecule has 2 aromatic carbocycles. The molecule has 0 saturated carbocycles. The molecule has 1 heterocycles. The Kier molecular flexibility index (Phi) is 4.90. The molecular formula is C20H24N2O3S. The number of hydrogen-bond donors (Lipinski definition) is 1. The third kappa shape index (κ3) is 3.52. The first-order chi connectivity index (χ1) is 12.2. The van der Waals surface area contributed by atoms with Gasteiger partial charge in [0.15, 0.2) is 0 Å². The summed E-state index contributed by atoms with van der Waals surface area (Å²) in [6, 6.07) is 15.9. The minimum atomic E-state index is -3.83. The first kappa shape index (κ1) is 18.6. The summed E-state index contributed by atoms with van der Waals surface area (Å²) in [5.41, 5.74) is 0.536. The van der Waals surface area contributed by atoms with Crippen LogP contribution in [0.15, 0.2) is 63.9 Å². The lowest BCUT2D eigenvalue weighted by Gasteiger charge is -2.31. The molecule has 0 spiro atoms. The summed E-state index contributed by atoms with van der Waals surface area (Å²) in [6.07, 6.45) is 0.640. The fourth-order valence-electron chi connectivity index (χ4n) is 3.36. The minimum absolute atomic E-state index is 0.161. The number of benzene rings is 2. The molecule has 0 bridgehead atoms. The minimum Gasteiger partial charge on any atom is -0.385 e.